The molecule has 3 amide bonds. The van der Waals surface area contributed by atoms with E-state index in [2.05, 4.69) is 10.6 Å². The molecule has 0 unspecified atom stereocenters. The number of rotatable bonds is 10. The summed E-state index contributed by atoms with van der Waals surface area (Å²) in [4.78, 5) is 58.6. The number of carbonyl (C=O) groups is 3. The van der Waals surface area contributed by atoms with Crippen LogP contribution in [0.2, 0.25) is 0 Å². The predicted octanol–water partition coefficient (Wildman–Crippen LogP) is 4.33. The first-order valence-electron chi connectivity index (χ1n) is 13.9. The van der Waals surface area contributed by atoms with Gasteiger partial charge in [-0.25, -0.2) is 0 Å². The van der Waals surface area contributed by atoms with Crippen molar-refractivity contribution in [1.82, 2.24) is 15.5 Å². The molecule has 3 aromatic rings. The Hall–Kier alpha value is -3.92. The van der Waals surface area contributed by atoms with Gasteiger partial charge in [0.25, 0.3) is 0 Å². The number of carbonyl (C=O) groups excluding carboxylic acids is 3. The summed E-state index contributed by atoms with van der Waals surface area (Å²) in [6, 6.07) is 19.9. The van der Waals surface area contributed by atoms with Crippen molar-refractivity contribution >= 4 is 25.3 Å². The van der Waals surface area contributed by atoms with Crippen molar-refractivity contribution in [1.29, 1.82) is 0 Å². The van der Waals surface area contributed by atoms with Crippen LogP contribution in [0.3, 0.4) is 0 Å². The molecule has 0 radical (unpaired) electrons. The zero-order valence-electron chi connectivity index (χ0n) is 23.6. The maximum Gasteiger partial charge on any atom is 0.399 e. The molecule has 1 fully saturated rings. The van der Waals surface area contributed by atoms with Crippen LogP contribution in [-0.4, -0.2) is 51.0 Å². The molecule has 9 nitrogen and oxygen atoms in total. The summed E-state index contributed by atoms with van der Waals surface area (Å²) in [5.41, 5.74) is -1.86. The van der Waals surface area contributed by atoms with Crippen LogP contribution in [0.25, 0.3) is 11.1 Å². The lowest BCUT2D eigenvalue weighted by molar-refractivity contribution is -0.137. The van der Waals surface area contributed by atoms with Crippen LogP contribution in [0.15, 0.2) is 78.9 Å². The molecular weight excluding hydrogens is 579 g/mol. The molecule has 1 saturated heterocycles. The molecule has 0 aliphatic carbocycles. The van der Waals surface area contributed by atoms with E-state index in [0.29, 0.717) is 31.5 Å². The second-order valence-corrected chi connectivity index (χ2v) is 12.2. The Balaban J connectivity index is 1.48. The van der Waals surface area contributed by atoms with E-state index in [-0.39, 0.29) is 12.3 Å². The molecule has 0 bridgehead atoms. The standard InChI is InChI=1S/C31H34F2N3O6P/c1-21(37)34-28(19-22-14-16-25(17-15-22)31(32,33)43(40,41)42)29(38)35-27-13-7-8-18-36(30(27)39)20-24-11-5-6-12-26(24)23-9-3-2-4-10-23/h2-6,9-12,14-17,27-28H,7-8,13,18-20H2,1H3,(H,34,37)(H,35,38)(H2,40,41,42)/t27-,28-/m0/s1. The highest BCUT2D eigenvalue weighted by atomic mass is 31.2. The third-order valence-electron chi connectivity index (χ3n) is 7.36. The van der Waals surface area contributed by atoms with Crippen molar-refractivity contribution < 1.29 is 37.5 Å². The Morgan fingerprint density at radius 1 is 1.00 bits per heavy atom. The van der Waals surface area contributed by atoms with Gasteiger partial charge < -0.3 is 25.3 Å². The molecule has 1 heterocycles. The summed E-state index contributed by atoms with van der Waals surface area (Å²) in [5.74, 6) is -1.35. The van der Waals surface area contributed by atoms with E-state index in [1.165, 1.54) is 19.1 Å². The van der Waals surface area contributed by atoms with E-state index in [9.17, 15) is 27.7 Å². The van der Waals surface area contributed by atoms with Crippen molar-refractivity contribution in [2.45, 2.75) is 56.9 Å². The largest absolute Gasteiger partial charge is 0.399 e. The molecule has 1 aliphatic heterocycles. The minimum atomic E-state index is -5.73. The van der Waals surface area contributed by atoms with Gasteiger partial charge >= 0.3 is 13.3 Å². The maximum atomic E-state index is 14.0. The molecule has 0 aromatic heterocycles. The van der Waals surface area contributed by atoms with Crippen LogP contribution in [-0.2, 0) is 37.6 Å². The van der Waals surface area contributed by atoms with Crippen molar-refractivity contribution in [2.75, 3.05) is 6.54 Å². The van der Waals surface area contributed by atoms with E-state index < -0.39 is 42.7 Å². The third-order valence-corrected chi connectivity index (χ3v) is 8.35. The SMILES string of the molecule is CC(=O)N[C@@H](Cc1ccc(C(F)(F)P(=O)(O)O)cc1)C(=O)N[C@H]1CCCCN(Cc2ccccc2-c2ccccc2)C1=O. The second kappa shape index (κ2) is 13.6. The zero-order valence-corrected chi connectivity index (χ0v) is 24.5. The molecular formula is C31H34F2N3O6P. The van der Waals surface area contributed by atoms with E-state index in [4.69, 9.17) is 9.79 Å². The second-order valence-electron chi connectivity index (χ2n) is 10.6. The van der Waals surface area contributed by atoms with E-state index in [1.54, 1.807) is 4.90 Å². The fourth-order valence-electron chi connectivity index (χ4n) is 5.13. The molecule has 3 aromatic carbocycles. The van der Waals surface area contributed by atoms with Gasteiger partial charge in [0.2, 0.25) is 17.7 Å². The highest BCUT2D eigenvalue weighted by Crippen LogP contribution is 2.59. The summed E-state index contributed by atoms with van der Waals surface area (Å²) in [5, 5.41) is 5.33. The molecule has 228 valence electrons. The fourth-order valence-corrected chi connectivity index (χ4v) is 5.62. The third kappa shape index (κ3) is 7.93. The number of nitrogens with zero attached hydrogens (tertiary/aromatic N) is 1. The highest BCUT2D eigenvalue weighted by molar-refractivity contribution is 7.52. The summed E-state index contributed by atoms with van der Waals surface area (Å²) in [6.45, 7) is 2.11. The number of alkyl halides is 2. The number of likely N-dealkylation sites (tertiary alicyclic amines) is 1. The molecule has 4 N–H and O–H groups in total. The highest BCUT2D eigenvalue weighted by Gasteiger charge is 2.50. The van der Waals surface area contributed by atoms with E-state index in [1.807, 2.05) is 54.6 Å². The minimum absolute atomic E-state index is 0.0950. The van der Waals surface area contributed by atoms with E-state index in [0.717, 1.165) is 35.2 Å². The van der Waals surface area contributed by atoms with Crippen molar-refractivity contribution in [3.05, 3.63) is 95.6 Å². The molecule has 4 rings (SSSR count). The number of nitrogens with one attached hydrogen (secondary N) is 2. The monoisotopic (exact) mass is 613 g/mol. The van der Waals surface area contributed by atoms with Crippen LogP contribution in [0, 0.1) is 0 Å². The Bertz CT molecular complexity index is 1500. The number of amides is 3. The van der Waals surface area contributed by atoms with Gasteiger partial charge in [-0.2, -0.15) is 8.78 Å². The van der Waals surface area contributed by atoms with Crippen molar-refractivity contribution in [3.63, 3.8) is 0 Å². The van der Waals surface area contributed by atoms with Crippen LogP contribution in [0.5, 0.6) is 0 Å². The van der Waals surface area contributed by atoms with Crippen LogP contribution in [0.4, 0.5) is 8.78 Å². The van der Waals surface area contributed by atoms with Gasteiger partial charge in [0.1, 0.15) is 12.1 Å². The van der Waals surface area contributed by atoms with Crippen LogP contribution in [0.1, 0.15) is 42.9 Å². The topological polar surface area (TPSA) is 136 Å². The fraction of sp³-hybridized carbons (Fsp3) is 0.323. The Morgan fingerprint density at radius 2 is 1.65 bits per heavy atom. The minimum Gasteiger partial charge on any atom is -0.344 e. The first-order valence-corrected chi connectivity index (χ1v) is 15.5. The molecule has 1 aliphatic rings. The first-order chi connectivity index (χ1) is 20.4. The van der Waals surface area contributed by atoms with Crippen LogP contribution < -0.4 is 10.6 Å². The summed E-state index contributed by atoms with van der Waals surface area (Å²) in [7, 11) is -5.73. The molecule has 2 atom stereocenters. The Labute approximate surface area is 248 Å². The smallest absolute Gasteiger partial charge is 0.344 e. The van der Waals surface area contributed by atoms with Crippen molar-refractivity contribution in [2.24, 2.45) is 0 Å². The lowest BCUT2D eigenvalue weighted by atomic mass is 9.99. The Kier molecular flexibility index (Phi) is 10.1. The van der Waals surface area contributed by atoms with Gasteiger partial charge in [-0.1, -0.05) is 78.9 Å². The molecule has 12 heteroatoms. The molecule has 0 spiro atoms. The van der Waals surface area contributed by atoms with Gasteiger partial charge in [-0.15, -0.1) is 0 Å². The average molecular weight is 614 g/mol. The average Bonchev–Trinajstić information content (AvgIpc) is 3.13. The van der Waals surface area contributed by atoms with Crippen LogP contribution >= 0.6 is 7.60 Å². The maximum absolute atomic E-state index is 14.0. The number of hydrogen-bond donors (Lipinski definition) is 4. The quantitative estimate of drug-likeness (QED) is 0.252. The Morgan fingerprint density at radius 3 is 2.30 bits per heavy atom. The summed E-state index contributed by atoms with van der Waals surface area (Å²) < 4.78 is 39.3. The predicted molar refractivity (Wildman–Crippen MR) is 157 cm³/mol. The lowest BCUT2D eigenvalue weighted by Gasteiger charge is -2.27. The van der Waals surface area contributed by atoms with Gasteiger partial charge in [0.05, 0.1) is 0 Å². The van der Waals surface area contributed by atoms with Gasteiger partial charge in [0.15, 0.2) is 0 Å². The number of halogens is 2. The summed E-state index contributed by atoms with van der Waals surface area (Å²) >= 11 is 0. The van der Waals surface area contributed by atoms with Gasteiger partial charge in [-0.05, 0) is 41.5 Å². The number of benzene rings is 3. The summed E-state index contributed by atoms with van der Waals surface area (Å²) in [6.07, 6.45) is 1.78. The molecule has 43 heavy (non-hydrogen) atoms. The van der Waals surface area contributed by atoms with Crippen molar-refractivity contribution in [3.8, 4) is 11.1 Å². The zero-order chi connectivity index (χ0) is 31.2. The van der Waals surface area contributed by atoms with Gasteiger partial charge in [0, 0.05) is 32.0 Å². The normalized spacial score (nSPS) is 16.7. The number of hydrogen-bond acceptors (Lipinski definition) is 4. The lowest BCUT2D eigenvalue weighted by Crippen LogP contribution is -2.54. The molecule has 0 saturated carbocycles. The van der Waals surface area contributed by atoms with E-state index >= 15 is 0 Å². The van der Waals surface area contributed by atoms with Gasteiger partial charge in [-0.3, -0.25) is 18.9 Å². The first kappa shape index (κ1) is 32.0.